The lowest BCUT2D eigenvalue weighted by Crippen LogP contribution is -2.48. The van der Waals surface area contributed by atoms with Crippen molar-refractivity contribution >= 4 is 23.6 Å². The van der Waals surface area contributed by atoms with Crippen LogP contribution in [-0.4, -0.2) is 30.1 Å². The van der Waals surface area contributed by atoms with Gasteiger partial charge in [-0.3, -0.25) is 0 Å². The molecule has 1 aromatic carbocycles. The molecule has 0 bridgehead atoms. The normalized spacial score (nSPS) is 20.7. The SMILES string of the molecule is CC1=C(C(=O)OC(C)C)[C@@]2(C(=O)O1)C(C(=O)OC(C)C)=C(N)Nc1ccccc12. The van der Waals surface area contributed by atoms with E-state index in [9.17, 15) is 14.4 Å². The number of cyclic esters (lactones) is 1. The zero-order valence-corrected chi connectivity index (χ0v) is 17.0. The molecule has 0 saturated carbocycles. The molecule has 0 unspecified atom stereocenters. The number of carbonyl (C=O) groups is 3. The Labute approximate surface area is 168 Å². The molecule has 1 aromatic rings. The van der Waals surface area contributed by atoms with Crippen LogP contribution in [0, 0.1) is 0 Å². The van der Waals surface area contributed by atoms with Gasteiger partial charge in [0.05, 0.1) is 12.2 Å². The predicted octanol–water partition coefficient (Wildman–Crippen LogP) is 2.25. The van der Waals surface area contributed by atoms with Gasteiger partial charge in [0.15, 0.2) is 5.41 Å². The number of hydrogen-bond acceptors (Lipinski definition) is 8. The third-order valence-electron chi connectivity index (χ3n) is 4.62. The monoisotopic (exact) mass is 400 g/mol. The molecule has 0 aliphatic carbocycles. The van der Waals surface area contributed by atoms with E-state index in [4.69, 9.17) is 19.9 Å². The number of rotatable bonds is 4. The van der Waals surface area contributed by atoms with Gasteiger partial charge in [0.25, 0.3) is 0 Å². The lowest BCUT2D eigenvalue weighted by atomic mass is 9.67. The van der Waals surface area contributed by atoms with Crippen LogP contribution >= 0.6 is 0 Å². The summed E-state index contributed by atoms with van der Waals surface area (Å²) in [5, 5.41) is 2.92. The first kappa shape index (κ1) is 20.4. The van der Waals surface area contributed by atoms with Crippen molar-refractivity contribution in [3.05, 3.63) is 52.6 Å². The number of ether oxygens (including phenoxy) is 3. The van der Waals surface area contributed by atoms with E-state index in [-0.39, 0.29) is 22.7 Å². The maximum absolute atomic E-state index is 13.3. The maximum Gasteiger partial charge on any atom is 0.339 e. The van der Waals surface area contributed by atoms with Crippen molar-refractivity contribution < 1.29 is 28.6 Å². The van der Waals surface area contributed by atoms with Crippen LogP contribution in [0.1, 0.15) is 40.2 Å². The van der Waals surface area contributed by atoms with Gasteiger partial charge < -0.3 is 25.3 Å². The van der Waals surface area contributed by atoms with Crippen molar-refractivity contribution in [2.24, 2.45) is 5.73 Å². The molecule has 0 amide bonds. The summed E-state index contributed by atoms with van der Waals surface area (Å²) in [6, 6.07) is 6.77. The van der Waals surface area contributed by atoms with Gasteiger partial charge in [0, 0.05) is 11.3 Å². The van der Waals surface area contributed by atoms with Crippen molar-refractivity contribution in [3.63, 3.8) is 0 Å². The Morgan fingerprint density at radius 2 is 1.59 bits per heavy atom. The zero-order valence-electron chi connectivity index (χ0n) is 17.0. The molecular formula is C21H24N2O6. The van der Waals surface area contributed by atoms with Gasteiger partial charge in [0.1, 0.15) is 22.7 Å². The van der Waals surface area contributed by atoms with E-state index in [1.807, 2.05) is 0 Å². The van der Waals surface area contributed by atoms with Crippen LogP contribution in [-0.2, 0) is 34.0 Å². The predicted molar refractivity (Wildman–Crippen MR) is 104 cm³/mol. The molecule has 3 N–H and O–H groups in total. The lowest BCUT2D eigenvalue weighted by Gasteiger charge is -2.36. The van der Waals surface area contributed by atoms with Crippen LogP contribution < -0.4 is 11.1 Å². The minimum atomic E-state index is -1.88. The second kappa shape index (κ2) is 7.27. The number of para-hydroxylation sites is 1. The Hall–Kier alpha value is -3.29. The zero-order chi connectivity index (χ0) is 21.5. The van der Waals surface area contributed by atoms with Crippen LogP contribution in [0.3, 0.4) is 0 Å². The van der Waals surface area contributed by atoms with Crippen LogP contribution in [0.15, 0.2) is 47.0 Å². The first-order valence-electron chi connectivity index (χ1n) is 9.33. The van der Waals surface area contributed by atoms with Crippen molar-refractivity contribution in [2.45, 2.75) is 52.2 Å². The molecule has 3 rings (SSSR count). The van der Waals surface area contributed by atoms with Gasteiger partial charge in [-0.25, -0.2) is 14.4 Å². The number of nitrogens with one attached hydrogen (secondary N) is 1. The highest BCUT2D eigenvalue weighted by molar-refractivity contribution is 6.16. The van der Waals surface area contributed by atoms with Crippen molar-refractivity contribution in [3.8, 4) is 0 Å². The van der Waals surface area contributed by atoms with Gasteiger partial charge in [-0.15, -0.1) is 0 Å². The summed E-state index contributed by atoms with van der Waals surface area (Å²) >= 11 is 0. The molecule has 8 heteroatoms. The fraction of sp³-hybridized carbons (Fsp3) is 0.381. The van der Waals surface area contributed by atoms with Gasteiger partial charge in [-0.05, 0) is 40.7 Å². The molecule has 29 heavy (non-hydrogen) atoms. The highest BCUT2D eigenvalue weighted by Gasteiger charge is 2.62. The molecule has 0 saturated heterocycles. The summed E-state index contributed by atoms with van der Waals surface area (Å²) in [7, 11) is 0. The summed E-state index contributed by atoms with van der Waals surface area (Å²) in [5.41, 5.74) is 4.87. The molecule has 0 fully saturated rings. The molecular weight excluding hydrogens is 376 g/mol. The minimum absolute atomic E-state index is 0.0556. The van der Waals surface area contributed by atoms with E-state index < -0.39 is 35.5 Å². The summed E-state index contributed by atoms with van der Waals surface area (Å²) in [6.45, 7) is 8.20. The highest BCUT2D eigenvalue weighted by Crippen LogP contribution is 2.52. The van der Waals surface area contributed by atoms with E-state index in [1.165, 1.54) is 6.92 Å². The average Bonchev–Trinajstić information content (AvgIpc) is 2.84. The topological polar surface area (TPSA) is 117 Å². The van der Waals surface area contributed by atoms with Crippen LogP contribution in [0.5, 0.6) is 0 Å². The molecule has 1 atom stereocenters. The number of carbonyl (C=O) groups excluding carboxylic acids is 3. The smallest absolute Gasteiger partial charge is 0.339 e. The maximum atomic E-state index is 13.3. The summed E-state index contributed by atoms with van der Waals surface area (Å²) < 4.78 is 16.1. The van der Waals surface area contributed by atoms with Crippen molar-refractivity contribution in [1.29, 1.82) is 0 Å². The van der Waals surface area contributed by atoms with Gasteiger partial charge in [-0.2, -0.15) is 0 Å². The molecule has 1 spiro atoms. The number of benzene rings is 1. The highest BCUT2D eigenvalue weighted by atomic mass is 16.6. The standard InChI is InChI=1S/C21H24N2O6/c1-10(2)27-18(24)15-12(5)29-20(26)21(15)13-8-6-7-9-14(13)23-17(22)16(21)19(25)28-11(3)4/h6-11,23H,22H2,1-5H3/t21-/m1/s1. The van der Waals surface area contributed by atoms with Gasteiger partial charge in [-0.1, -0.05) is 18.2 Å². The number of fused-ring (bicyclic) bond motifs is 2. The Morgan fingerprint density at radius 3 is 2.17 bits per heavy atom. The number of esters is 3. The van der Waals surface area contributed by atoms with Gasteiger partial charge >= 0.3 is 17.9 Å². The number of nitrogens with two attached hydrogens (primary N) is 1. The van der Waals surface area contributed by atoms with E-state index >= 15 is 0 Å². The molecule has 2 aliphatic rings. The van der Waals surface area contributed by atoms with E-state index in [1.54, 1.807) is 52.0 Å². The number of hydrogen-bond donors (Lipinski definition) is 2. The molecule has 8 nitrogen and oxygen atoms in total. The first-order chi connectivity index (χ1) is 13.6. The Bertz CT molecular complexity index is 960. The largest absolute Gasteiger partial charge is 0.459 e. The Balaban J connectivity index is 2.34. The average molecular weight is 400 g/mol. The Kier molecular flexibility index (Phi) is 5.13. The molecule has 0 radical (unpaired) electrons. The summed E-state index contributed by atoms with van der Waals surface area (Å²) in [6.07, 6.45) is -0.912. The van der Waals surface area contributed by atoms with Crippen LogP contribution in [0.2, 0.25) is 0 Å². The van der Waals surface area contributed by atoms with E-state index in [2.05, 4.69) is 5.32 Å². The van der Waals surface area contributed by atoms with Crippen LogP contribution in [0.25, 0.3) is 0 Å². The second-order valence-corrected chi connectivity index (χ2v) is 7.44. The van der Waals surface area contributed by atoms with E-state index in [0.717, 1.165) is 0 Å². The summed E-state index contributed by atoms with van der Waals surface area (Å²) in [5.74, 6) is -2.42. The van der Waals surface area contributed by atoms with Crippen molar-refractivity contribution in [2.75, 3.05) is 5.32 Å². The summed E-state index contributed by atoms with van der Waals surface area (Å²) in [4.78, 5) is 39.4. The van der Waals surface area contributed by atoms with Crippen molar-refractivity contribution in [1.82, 2.24) is 0 Å². The fourth-order valence-electron chi connectivity index (χ4n) is 3.67. The molecule has 0 aromatic heterocycles. The third kappa shape index (κ3) is 3.14. The quantitative estimate of drug-likeness (QED) is 0.584. The number of anilines is 1. The number of allylic oxidation sites excluding steroid dienone is 1. The molecule has 2 aliphatic heterocycles. The minimum Gasteiger partial charge on any atom is -0.459 e. The third-order valence-corrected chi connectivity index (χ3v) is 4.62. The molecule has 2 heterocycles. The fourth-order valence-corrected chi connectivity index (χ4v) is 3.67. The second-order valence-electron chi connectivity index (χ2n) is 7.44. The van der Waals surface area contributed by atoms with Crippen LogP contribution in [0.4, 0.5) is 5.69 Å². The first-order valence-corrected chi connectivity index (χ1v) is 9.33. The molecule has 154 valence electrons. The Morgan fingerprint density at radius 1 is 1.03 bits per heavy atom. The lowest BCUT2D eigenvalue weighted by molar-refractivity contribution is -0.149. The van der Waals surface area contributed by atoms with E-state index in [0.29, 0.717) is 11.3 Å². The van der Waals surface area contributed by atoms with Gasteiger partial charge in [0.2, 0.25) is 0 Å².